The number of hydrogen-bond donors (Lipinski definition) is 1. The van der Waals surface area contributed by atoms with Crippen LogP contribution in [0.2, 0.25) is 5.02 Å². The van der Waals surface area contributed by atoms with Crippen molar-refractivity contribution < 1.29 is 4.39 Å². The molecule has 4 atom stereocenters. The largest absolute Gasteiger partial charge is 0.255 e. The van der Waals surface area contributed by atoms with Gasteiger partial charge in [-0.2, -0.15) is 5.11 Å². The molecule has 1 rings (SSSR count). The smallest absolute Gasteiger partial charge is 0.121 e. The quantitative estimate of drug-likeness (QED) is 0.493. The van der Waals surface area contributed by atoms with Gasteiger partial charge in [0.05, 0.1) is 18.4 Å². The maximum absolute atomic E-state index is 14.6. The number of halogens is 2. The van der Waals surface area contributed by atoms with E-state index in [0.717, 1.165) is 0 Å². The molecule has 0 fully saturated rings. The molecular weight excluding hydrogens is 310 g/mol. The summed E-state index contributed by atoms with van der Waals surface area (Å²) in [5, 5.41) is 2.09. The molecule has 104 valence electrons. The normalized spacial score (nSPS) is 18.1. The molecule has 2 nitrogen and oxygen atoms in total. The van der Waals surface area contributed by atoms with Crippen LogP contribution >= 0.6 is 30.1 Å². The fraction of sp³-hybridized carbons (Fsp3) is 0.500. The van der Waals surface area contributed by atoms with Gasteiger partial charge in [0.15, 0.2) is 0 Å². The van der Waals surface area contributed by atoms with Gasteiger partial charge < -0.3 is 0 Å². The Kier molecular flexibility index (Phi) is 5.13. The van der Waals surface area contributed by atoms with E-state index in [-0.39, 0.29) is 5.02 Å². The lowest BCUT2D eigenvalue weighted by Crippen LogP contribution is -2.56. The summed E-state index contributed by atoms with van der Waals surface area (Å²) < 4.78 is 14.6. The van der Waals surface area contributed by atoms with E-state index in [0.29, 0.717) is 16.8 Å². The van der Waals surface area contributed by atoms with Crippen LogP contribution in [0.15, 0.2) is 17.2 Å². The zero-order valence-corrected chi connectivity index (χ0v) is 14.7. The Hall–Kier alpha value is 0.0299. The molecule has 0 bridgehead atoms. The SMILES string of the molecule is [B]C(C)(F)C([B])(c1cc(C)c(N=N)c(Cl)c1)C(C)(P)P. The van der Waals surface area contributed by atoms with Crippen molar-refractivity contribution in [3.8, 4) is 0 Å². The van der Waals surface area contributed by atoms with Crippen molar-refractivity contribution in [1.29, 1.82) is 5.53 Å². The van der Waals surface area contributed by atoms with Crippen molar-refractivity contribution >= 4 is 51.5 Å². The van der Waals surface area contributed by atoms with Gasteiger partial charge in [-0.05, 0) is 36.4 Å². The number of alkyl halides is 1. The standard InChI is InChI=1S/C12H16B2ClFN2P2/c1-6-4-7(5-8(15)9(6)18-17)12(14,10(2,13)16)11(3,19)20/h4-5,17H,19-20H2,1-3H3. The number of hydrogen-bond acceptors (Lipinski definition) is 2. The first-order valence-corrected chi connectivity index (χ1v) is 7.42. The van der Waals surface area contributed by atoms with Crippen molar-refractivity contribution in [1.82, 2.24) is 0 Å². The summed E-state index contributed by atoms with van der Waals surface area (Å²) in [7, 11) is 17.0. The zero-order chi connectivity index (χ0) is 15.9. The second kappa shape index (κ2) is 5.67. The number of rotatable bonds is 4. The predicted molar refractivity (Wildman–Crippen MR) is 91.5 cm³/mol. The van der Waals surface area contributed by atoms with E-state index < -0.39 is 15.8 Å². The number of aryl methyl sites for hydroxylation is 1. The van der Waals surface area contributed by atoms with Crippen LogP contribution in [0.25, 0.3) is 0 Å². The van der Waals surface area contributed by atoms with E-state index >= 15 is 0 Å². The van der Waals surface area contributed by atoms with Gasteiger partial charge in [-0.15, -0.1) is 18.5 Å². The molecule has 20 heavy (non-hydrogen) atoms. The first-order chi connectivity index (χ1) is 8.86. The highest BCUT2D eigenvalue weighted by Crippen LogP contribution is 2.52. The van der Waals surface area contributed by atoms with Gasteiger partial charge in [0.1, 0.15) is 13.5 Å². The highest BCUT2D eigenvalue weighted by Gasteiger charge is 2.50. The van der Waals surface area contributed by atoms with Gasteiger partial charge in [-0.25, -0.2) is 5.53 Å². The fourth-order valence-electron chi connectivity index (χ4n) is 2.23. The van der Waals surface area contributed by atoms with E-state index in [1.54, 1.807) is 19.9 Å². The summed E-state index contributed by atoms with van der Waals surface area (Å²) in [6, 6.07) is 3.18. The number of nitrogens with zero attached hydrogens (tertiary/aromatic N) is 1. The summed E-state index contributed by atoms with van der Waals surface area (Å²) in [6.07, 6.45) is 0. The molecule has 4 radical (unpaired) electrons. The molecule has 0 saturated carbocycles. The van der Waals surface area contributed by atoms with Crippen LogP contribution < -0.4 is 0 Å². The molecule has 0 saturated heterocycles. The van der Waals surface area contributed by atoms with Gasteiger partial charge in [0, 0.05) is 4.90 Å². The van der Waals surface area contributed by atoms with Gasteiger partial charge in [-0.3, -0.25) is 4.39 Å². The molecule has 8 heteroatoms. The van der Waals surface area contributed by atoms with E-state index in [1.807, 2.05) is 0 Å². The molecule has 0 aliphatic heterocycles. The maximum atomic E-state index is 14.6. The summed E-state index contributed by atoms with van der Waals surface area (Å²) >= 11 is 6.09. The molecule has 0 aliphatic rings. The highest BCUT2D eigenvalue weighted by atomic mass is 35.5. The maximum Gasteiger partial charge on any atom is 0.121 e. The number of benzene rings is 1. The summed E-state index contributed by atoms with van der Waals surface area (Å²) in [5.74, 6) is 0. The van der Waals surface area contributed by atoms with Crippen molar-refractivity contribution in [2.24, 2.45) is 5.11 Å². The van der Waals surface area contributed by atoms with Crippen LogP contribution in [0.3, 0.4) is 0 Å². The van der Waals surface area contributed by atoms with Crippen LogP contribution in [0.4, 0.5) is 10.1 Å². The van der Waals surface area contributed by atoms with Crippen LogP contribution in [0, 0.1) is 12.5 Å². The van der Waals surface area contributed by atoms with E-state index in [1.165, 1.54) is 13.0 Å². The molecule has 0 amide bonds. The number of nitrogens with one attached hydrogen (secondary N) is 1. The van der Waals surface area contributed by atoms with E-state index in [4.69, 9.17) is 32.8 Å². The molecule has 0 spiro atoms. The lowest BCUT2D eigenvalue weighted by Gasteiger charge is -2.50. The first-order valence-electron chi connectivity index (χ1n) is 5.88. The fourth-order valence-corrected chi connectivity index (χ4v) is 3.43. The Labute approximate surface area is 131 Å². The Morgan fingerprint density at radius 3 is 2.10 bits per heavy atom. The molecule has 0 aromatic heterocycles. The van der Waals surface area contributed by atoms with Crippen LogP contribution in [-0.2, 0) is 5.31 Å². The Balaban J connectivity index is 3.65. The molecular formula is C12H16B2ClFN2P2. The first kappa shape index (κ1) is 18.1. The molecule has 0 aliphatic carbocycles. The second-order valence-corrected chi connectivity index (χ2v) is 8.87. The van der Waals surface area contributed by atoms with Crippen molar-refractivity contribution in [3.63, 3.8) is 0 Å². The third-order valence-electron chi connectivity index (χ3n) is 3.44. The summed E-state index contributed by atoms with van der Waals surface area (Å²) in [6.45, 7) is 4.71. The van der Waals surface area contributed by atoms with Crippen molar-refractivity contribution in [2.45, 2.75) is 36.6 Å². The van der Waals surface area contributed by atoms with Gasteiger partial charge in [-0.1, -0.05) is 24.6 Å². The molecule has 0 heterocycles. The van der Waals surface area contributed by atoms with E-state index in [2.05, 4.69) is 23.6 Å². The average molecular weight is 326 g/mol. The minimum atomic E-state index is -2.18. The average Bonchev–Trinajstić information content (AvgIpc) is 2.24. The minimum absolute atomic E-state index is 0.244. The second-order valence-electron chi connectivity index (χ2n) is 5.40. The third-order valence-corrected chi connectivity index (χ3v) is 4.64. The monoisotopic (exact) mass is 326 g/mol. The lowest BCUT2D eigenvalue weighted by molar-refractivity contribution is 0.213. The third kappa shape index (κ3) is 2.96. The summed E-state index contributed by atoms with van der Waals surface area (Å²) in [4.78, 5) is -0.805. The summed E-state index contributed by atoms with van der Waals surface area (Å²) in [5.41, 5.74) is 6.35. The van der Waals surface area contributed by atoms with E-state index in [9.17, 15) is 4.39 Å². The zero-order valence-electron chi connectivity index (χ0n) is 11.7. The highest BCUT2D eigenvalue weighted by molar-refractivity contribution is 7.40. The molecule has 1 N–H and O–H groups in total. The van der Waals surface area contributed by atoms with Gasteiger partial charge in [0.2, 0.25) is 0 Å². The van der Waals surface area contributed by atoms with Crippen LogP contribution in [-0.4, -0.2) is 26.2 Å². The van der Waals surface area contributed by atoms with Gasteiger partial charge >= 0.3 is 0 Å². The topological polar surface area (TPSA) is 36.2 Å². The van der Waals surface area contributed by atoms with Crippen LogP contribution in [0.5, 0.6) is 0 Å². The molecule has 1 aromatic rings. The Morgan fingerprint density at radius 2 is 1.80 bits per heavy atom. The Bertz CT molecular complexity index is 504. The molecule has 4 unspecified atom stereocenters. The van der Waals surface area contributed by atoms with Gasteiger partial charge in [0.25, 0.3) is 0 Å². The molecule has 1 aromatic carbocycles. The lowest BCUT2D eigenvalue weighted by atomic mass is 9.48. The Morgan fingerprint density at radius 1 is 1.30 bits per heavy atom. The van der Waals surface area contributed by atoms with Crippen molar-refractivity contribution in [3.05, 3.63) is 28.3 Å². The predicted octanol–water partition coefficient (Wildman–Crippen LogP) is 4.00. The minimum Gasteiger partial charge on any atom is -0.255 e. The van der Waals surface area contributed by atoms with Crippen molar-refractivity contribution in [2.75, 3.05) is 0 Å². The van der Waals surface area contributed by atoms with Crippen LogP contribution in [0.1, 0.15) is 25.0 Å².